The molecular weight excluding hydrogens is 270 g/mol. The highest BCUT2D eigenvalue weighted by Crippen LogP contribution is 2.17. The normalized spacial score (nSPS) is 12.3. The van der Waals surface area contributed by atoms with E-state index in [4.69, 9.17) is 0 Å². The van der Waals surface area contributed by atoms with Crippen LogP contribution in [0.3, 0.4) is 0 Å². The molecule has 1 atom stereocenters. The molecule has 2 rings (SSSR count). The van der Waals surface area contributed by atoms with Crippen molar-refractivity contribution in [2.75, 3.05) is 0 Å². The number of thiophene rings is 1. The number of hydrogen-bond acceptors (Lipinski definition) is 3. The van der Waals surface area contributed by atoms with E-state index >= 15 is 0 Å². The van der Waals surface area contributed by atoms with Crippen LogP contribution in [0.25, 0.3) is 0 Å². The predicted octanol–water partition coefficient (Wildman–Crippen LogP) is 3.41. The van der Waals surface area contributed by atoms with Crippen LogP contribution < -0.4 is 0 Å². The van der Waals surface area contributed by atoms with Gasteiger partial charge in [0, 0.05) is 25.3 Å². The minimum atomic E-state index is 0.0601. The van der Waals surface area contributed by atoms with Crippen LogP contribution in [0.15, 0.2) is 29.1 Å². The summed E-state index contributed by atoms with van der Waals surface area (Å²) in [5.41, 5.74) is 1.86. The Morgan fingerprint density at radius 1 is 1.45 bits per heavy atom. The van der Waals surface area contributed by atoms with E-state index in [1.54, 1.807) is 28.3 Å². The van der Waals surface area contributed by atoms with E-state index in [0.29, 0.717) is 18.8 Å². The van der Waals surface area contributed by atoms with Gasteiger partial charge in [0.15, 0.2) is 0 Å². The minimum absolute atomic E-state index is 0.0601. The third-order valence-corrected chi connectivity index (χ3v) is 4.28. The highest BCUT2D eigenvalue weighted by molar-refractivity contribution is 7.07. The molecule has 2 heterocycles. The standard InChI is InChI=1S/C15H21N3OS/c1-4-12(3)17(10-13-7-9-20-11-13)15(19)14-6-8-16-18(14)5-2/h6-9,11-12H,4-5,10H2,1-3H3. The van der Waals surface area contributed by atoms with Gasteiger partial charge in [-0.2, -0.15) is 16.4 Å². The lowest BCUT2D eigenvalue weighted by Crippen LogP contribution is -2.38. The molecule has 0 N–H and O–H groups in total. The van der Waals surface area contributed by atoms with E-state index in [2.05, 4.69) is 30.4 Å². The first kappa shape index (κ1) is 14.8. The molecule has 1 unspecified atom stereocenters. The molecule has 0 bridgehead atoms. The summed E-state index contributed by atoms with van der Waals surface area (Å²) in [5.74, 6) is 0.0601. The van der Waals surface area contributed by atoms with Gasteiger partial charge in [0.25, 0.3) is 5.91 Å². The molecule has 0 saturated heterocycles. The van der Waals surface area contributed by atoms with E-state index in [1.165, 1.54) is 5.56 Å². The molecule has 0 radical (unpaired) electrons. The second kappa shape index (κ2) is 6.70. The zero-order chi connectivity index (χ0) is 14.5. The molecule has 0 aromatic carbocycles. The summed E-state index contributed by atoms with van der Waals surface area (Å²) >= 11 is 1.66. The van der Waals surface area contributed by atoms with Crippen molar-refractivity contribution < 1.29 is 4.79 Å². The van der Waals surface area contributed by atoms with Gasteiger partial charge < -0.3 is 4.90 Å². The maximum atomic E-state index is 12.8. The Bertz CT molecular complexity index is 547. The Kier molecular flexibility index (Phi) is 4.95. The molecule has 108 valence electrons. The van der Waals surface area contributed by atoms with Crippen molar-refractivity contribution in [2.24, 2.45) is 0 Å². The number of rotatable bonds is 6. The largest absolute Gasteiger partial charge is 0.330 e. The van der Waals surface area contributed by atoms with Crippen LogP contribution >= 0.6 is 11.3 Å². The number of amides is 1. The molecule has 1 amide bonds. The molecule has 20 heavy (non-hydrogen) atoms. The number of aryl methyl sites for hydroxylation is 1. The summed E-state index contributed by atoms with van der Waals surface area (Å²) < 4.78 is 1.76. The number of nitrogens with zero attached hydrogens (tertiary/aromatic N) is 3. The van der Waals surface area contributed by atoms with Crippen LogP contribution in [-0.4, -0.2) is 26.6 Å². The van der Waals surface area contributed by atoms with Crippen LogP contribution in [0, 0.1) is 0 Å². The van der Waals surface area contributed by atoms with E-state index in [9.17, 15) is 4.79 Å². The van der Waals surface area contributed by atoms with E-state index in [-0.39, 0.29) is 11.9 Å². The fraction of sp³-hybridized carbons (Fsp3) is 0.467. The smallest absolute Gasteiger partial charge is 0.272 e. The first-order valence-corrected chi connectivity index (χ1v) is 7.95. The summed E-state index contributed by atoms with van der Waals surface area (Å²) in [4.78, 5) is 14.7. The molecular formula is C15H21N3OS. The van der Waals surface area contributed by atoms with Crippen molar-refractivity contribution in [1.29, 1.82) is 0 Å². The first-order valence-electron chi connectivity index (χ1n) is 7.01. The fourth-order valence-corrected chi connectivity index (χ4v) is 2.80. The van der Waals surface area contributed by atoms with Crippen LogP contribution in [0.2, 0.25) is 0 Å². The third-order valence-electron chi connectivity index (χ3n) is 3.55. The zero-order valence-electron chi connectivity index (χ0n) is 12.2. The summed E-state index contributed by atoms with van der Waals surface area (Å²) in [7, 11) is 0. The Labute approximate surface area is 124 Å². The van der Waals surface area contributed by atoms with Gasteiger partial charge >= 0.3 is 0 Å². The molecule has 0 aliphatic heterocycles. The van der Waals surface area contributed by atoms with E-state index in [0.717, 1.165) is 6.42 Å². The van der Waals surface area contributed by atoms with Gasteiger partial charge in [0.1, 0.15) is 5.69 Å². The van der Waals surface area contributed by atoms with Crippen molar-refractivity contribution in [3.63, 3.8) is 0 Å². The Hall–Kier alpha value is -1.62. The lowest BCUT2D eigenvalue weighted by atomic mass is 10.1. The average Bonchev–Trinajstić information content (AvgIpc) is 3.13. The Morgan fingerprint density at radius 2 is 2.25 bits per heavy atom. The quantitative estimate of drug-likeness (QED) is 0.818. The molecule has 0 saturated carbocycles. The van der Waals surface area contributed by atoms with Gasteiger partial charge in [0.2, 0.25) is 0 Å². The van der Waals surface area contributed by atoms with Gasteiger partial charge in [-0.25, -0.2) is 0 Å². The molecule has 4 nitrogen and oxygen atoms in total. The molecule has 0 aliphatic rings. The number of carbonyl (C=O) groups is 1. The van der Waals surface area contributed by atoms with Gasteiger partial charge in [-0.15, -0.1) is 0 Å². The number of aromatic nitrogens is 2. The van der Waals surface area contributed by atoms with Gasteiger partial charge in [0.05, 0.1) is 0 Å². The van der Waals surface area contributed by atoms with E-state index < -0.39 is 0 Å². The summed E-state index contributed by atoms with van der Waals surface area (Å²) in [6.45, 7) is 7.57. The molecule has 2 aromatic rings. The highest BCUT2D eigenvalue weighted by atomic mass is 32.1. The SMILES string of the molecule is CCC(C)N(Cc1ccsc1)C(=O)c1ccnn1CC. The molecule has 0 aliphatic carbocycles. The van der Waals surface area contributed by atoms with Gasteiger partial charge in [-0.05, 0) is 48.7 Å². The highest BCUT2D eigenvalue weighted by Gasteiger charge is 2.23. The van der Waals surface area contributed by atoms with Crippen LogP contribution in [0.1, 0.15) is 43.2 Å². The molecule has 5 heteroatoms. The third kappa shape index (κ3) is 3.10. The van der Waals surface area contributed by atoms with E-state index in [1.807, 2.05) is 17.2 Å². The lowest BCUT2D eigenvalue weighted by molar-refractivity contribution is 0.0659. The van der Waals surface area contributed by atoms with Crippen molar-refractivity contribution in [3.05, 3.63) is 40.3 Å². The molecule has 0 spiro atoms. The van der Waals surface area contributed by atoms with Gasteiger partial charge in [-0.1, -0.05) is 6.92 Å². The molecule has 2 aromatic heterocycles. The minimum Gasteiger partial charge on any atom is -0.330 e. The Balaban J connectivity index is 2.24. The van der Waals surface area contributed by atoms with Crippen molar-refractivity contribution in [1.82, 2.24) is 14.7 Å². The van der Waals surface area contributed by atoms with Crippen LogP contribution in [0.5, 0.6) is 0 Å². The predicted molar refractivity (Wildman–Crippen MR) is 81.8 cm³/mol. The maximum absolute atomic E-state index is 12.8. The number of hydrogen-bond donors (Lipinski definition) is 0. The zero-order valence-corrected chi connectivity index (χ0v) is 13.1. The summed E-state index contributed by atoms with van der Waals surface area (Å²) in [6.07, 6.45) is 2.63. The van der Waals surface area contributed by atoms with Crippen molar-refractivity contribution in [2.45, 2.75) is 46.3 Å². The van der Waals surface area contributed by atoms with Crippen LogP contribution in [-0.2, 0) is 13.1 Å². The van der Waals surface area contributed by atoms with Crippen molar-refractivity contribution >= 4 is 17.2 Å². The Morgan fingerprint density at radius 3 is 2.85 bits per heavy atom. The topological polar surface area (TPSA) is 38.1 Å². The fourth-order valence-electron chi connectivity index (χ4n) is 2.14. The monoisotopic (exact) mass is 291 g/mol. The average molecular weight is 291 g/mol. The van der Waals surface area contributed by atoms with Crippen molar-refractivity contribution in [3.8, 4) is 0 Å². The second-order valence-electron chi connectivity index (χ2n) is 4.85. The second-order valence-corrected chi connectivity index (χ2v) is 5.63. The summed E-state index contributed by atoms with van der Waals surface area (Å²) in [5, 5.41) is 8.34. The number of carbonyl (C=O) groups excluding carboxylic acids is 1. The van der Waals surface area contributed by atoms with Gasteiger partial charge in [-0.3, -0.25) is 9.48 Å². The lowest BCUT2D eigenvalue weighted by Gasteiger charge is -2.28. The summed E-state index contributed by atoms with van der Waals surface area (Å²) in [6, 6.07) is 4.09. The molecule has 0 fully saturated rings. The van der Waals surface area contributed by atoms with Crippen LogP contribution in [0.4, 0.5) is 0 Å². The first-order chi connectivity index (χ1) is 9.67. The maximum Gasteiger partial charge on any atom is 0.272 e.